The maximum Gasteiger partial charge on any atom is 0.304 e. The number of carbonyl (C=O) groups is 1. The van der Waals surface area contributed by atoms with Gasteiger partial charge in [-0.3, -0.25) is 4.79 Å². The first-order valence-electron chi connectivity index (χ1n) is 9.95. The second-order valence-electron chi connectivity index (χ2n) is 7.95. The molecule has 2 aliphatic heterocycles. The summed E-state index contributed by atoms with van der Waals surface area (Å²) in [5, 5.41) is 9.99. The van der Waals surface area contributed by atoms with Crippen molar-refractivity contribution in [3.8, 4) is 11.5 Å². The largest absolute Gasteiger partial charge is 0.489 e. The molecule has 0 radical (unpaired) electrons. The van der Waals surface area contributed by atoms with E-state index in [1.807, 2.05) is 6.07 Å². The number of benzene rings is 2. The van der Waals surface area contributed by atoms with E-state index in [1.54, 1.807) is 18.2 Å². The van der Waals surface area contributed by atoms with E-state index >= 15 is 4.39 Å². The minimum Gasteiger partial charge on any atom is -0.489 e. The lowest BCUT2D eigenvalue weighted by molar-refractivity contribution is -0.137. The highest BCUT2D eigenvalue weighted by molar-refractivity contribution is 6.39. The van der Waals surface area contributed by atoms with E-state index in [1.165, 1.54) is 0 Å². The number of rotatable bonds is 6. The van der Waals surface area contributed by atoms with Crippen molar-refractivity contribution in [3.05, 3.63) is 56.3 Å². The molecule has 1 N–H and O–H groups in total. The highest BCUT2D eigenvalue weighted by Gasteiger charge is 2.44. The van der Waals surface area contributed by atoms with Crippen LogP contribution in [-0.2, 0) is 16.8 Å². The Bertz CT molecular complexity index is 985. The van der Waals surface area contributed by atoms with Gasteiger partial charge in [-0.05, 0) is 44.1 Å². The van der Waals surface area contributed by atoms with Gasteiger partial charge < -0.3 is 19.5 Å². The van der Waals surface area contributed by atoms with Crippen LogP contribution in [0.2, 0.25) is 15.1 Å². The van der Waals surface area contributed by atoms with Crippen molar-refractivity contribution in [2.45, 2.75) is 31.3 Å². The fourth-order valence-corrected chi connectivity index (χ4v) is 5.15. The number of carboxylic acids is 1. The van der Waals surface area contributed by atoms with Gasteiger partial charge in [0.2, 0.25) is 5.82 Å². The number of carboxylic acid groups (broad SMARTS) is 1. The van der Waals surface area contributed by atoms with Gasteiger partial charge in [-0.2, -0.15) is 4.39 Å². The first-order valence-corrected chi connectivity index (χ1v) is 11.1. The van der Waals surface area contributed by atoms with Crippen molar-refractivity contribution in [3.63, 3.8) is 0 Å². The maximum atomic E-state index is 15.2. The Kier molecular flexibility index (Phi) is 6.54. The molecule has 2 aliphatic rings. The summed E-state index contributed by atoms with van der Waals surface area (Å²) in [6.07, 6.45) is 1.70. The molecule has 2 aromatic rings. The van der Waals surface area contributed by atoms with Crippen molar-refractivity contribution < 1.29 is 23.8 Å². The molecule has 166 valence electrons. The number of fused-ring (bicyclic) bond motifs is 2. The number of hydrogen-bond acceptors (Lipinski definition) is 4. The van der Waals surface area contributed by atoms with E-state index in [-0.39, 0.29) is 29.9 Å². The number of hydrogen-bond donors (Lipinski definition) is 1. The van der Waals surface area contributed by atoms with Crippen molar-refractivity contribution in [1.82, 2.24) is 4.90 Å². The Morgan fingerprint density at radius 1 is 1.19 bits per heavy atom. The number of ether oxygens (including phenoxy) is 2. The molecule has 1 spiro atoms. The summed E-state index contributed by atoms with van der Waals surface area (Å²) >= 11 is 18.3. The maximum absolute atomic E-state index is 15.2. The number of nitrogens with zero attached hydrogens (tertiary/aromatic N) is 1. The molecule has 0 aromatic heterocycles. The predicted octanol–water partition coefficient (Wildman–Crippen LogP) is 5.57. The zero-order valence-electron chi connectivity index (χ0n) is 16.6. The van der Waals surface area contributed by atoms with E-state index in [2.05, 4.69) is 4.90 Å². The monoisotopic (exact) mass is 487 g/mol. The quantitative estimate of drug-likeness (QED) is 0.576. The molecule has 0 unspecified atom stereocenters. The SMILES string of the molecule is O=C(O)CCN1CCC2(CC1)COc1c2ccc(OCc2c(Cl)cc(Cl)cc2Cl)c1F. The van der Waals surface area contributed by atoms with Gasteiger partial charge in [0, 0.05) is 28.1 Å². The minimum absolute atomic E-state index is 0.00573. The van der Waals surface area contributed by atoms with Crippen molar-refractivity contribution in [2.24, 2.45) is 0 Å². The van der Waals surface area contributed by atoms with Gasteiger partial charge in [0.05, 0.1) is 23.1 Å². The average molecular weight is 489 g/mol. The third kappa shape index (κ3) is 4.58. The molecule has 0 amide bonds. The van der Waals surface area contributed by atoms with Gasteiger partial charge in [0.1, 0.15) is 6.61 Å². The summed E-state index contributed by atoms with van der Waals surface area (Å²) < 4.78 is 26.6. The lowest BCUT2D eigenvalue weighted by Crippen LogP contribution is -2.44. The summed E-state index contributed by atoms with van der Waals surface area (Å²) in [5.41, 5.74) is 1.12. The summed E-state index contributed by atoms with van der Waals surface area (Å²) in [6.45, 7) is 2.43. The summed E-state index contributed by atoms with van der Waals surface area (Å²) in [4.78, 5) is 12.9. The van der Waals surface area contributed by atoms with Crippen molar-refractivity contribution >= 4 is 40.8 Å². The lowest BCUT2D eigenvalue weighted by atomic mass is 9.74. The summed E-state index contributed by atoms with van der Waals surface area (Å²) in [5.74, 6) is -1.05. The smallest absolute Gasteiger partial charge is 0.304 e. The molecular weight excluding hydrogens is 468 g/mol. The average Bonchev–Trinajstić information content (AvgIpc) is 3.07. The van der Waals surface area contributed by atoms with E-state index in [0.29, 0.717) is 33.8 Å². The molecule has 2 heterocycles. The Labute approximate surface area is 194 Å². The molecule has 31 heavy (non-hydrogen) atoms. The second-order valence-corrected chi connectivity index (χ2v) is 9.20. The van der Waals surface area contributed by atoms with Crippen LogP contribution in [0.1, 0.15) is 30.4 Å². The van der Waals surface area contributed by atoms with Gasteiger partial charge in [0.15, 0.2) is 11.5 Å². The van der Waals surface area contributed by atoms with E-state index in [9.17, 15) is 4.79 Å². The van der Waals surface area contributed by atoms with Crippen molar-refractivity contribution in [1.29, 1.82) is 0 Å². The predicted molar refractivity (Wildman–Crippen MR) is 117 cm³/mol. The van der Waals surface area contributed by atoms with Gasteiger partial charge in [0.25, 0.3) is 0 Å². The highest BCUT2D eigenvalue weighted by Crippen LogP contribution is 2.48. The van der Waals surface area contributed by atoms with E-state index < -0.39 is 11.8 Å². The van der Waals surface area contributed by atoms with Crippen LogP contribution in [0, 0.1) is 5.82 Å². The van der Waals surface area contributed by atoms with Gasteiger partial charge >= 0.3 is 5.97 Å². The van der Waals surface area contributed by atoms with Crippen LogP contribution >= 0.6 is 34.8 Å². The van der Waals surface area contributed by atoms with Crippen LogP contribution in [0.4, 0.5) is 4.39 Å². The number of piperidine rings is 1. The van der Waals surface area contributed by atoms with Crippen LogP contribution in [0.5, 0.6) is 11.5 Å². The fraction of sp³-hybridized carbons (Fsp3) is 0.409. The molecule has 5 nitrogen and oxygen atoms in total. The van der Waals surface area contributed by atoms with Crippen LogP contribution in [0.15, 0.2) is 24.3 Å². The standard InChI is InChI=1S/C22H21Cl3FNO4/c23-13-9-16(24)14(17(25)10-13)11-30-18-2-1-15-21(20(18)26)31-12-22(15)4-7-27(8-5-22)6-3-19(28)29/h1-2,9-10H,3-8,11-12H2,(H,28,29). The molecule has 0 atom stereocenters. The second kappa shape index (κ2) is 9.02. The molecule has 4 rings (SSSR count). The molecule has 2 aromatic carbocycles. The Hall–Kier alpha value is -1.73. The van der Waals surface area contributed by atoms with E-state index in [0.717, 1.165) is 31.5 Å². The van der Waals surface area contributed by atoms with Gasteiger partial charge in [-0.1, -0.05) is 40.9 Å². The molecule has 0 aliphatic carbocycles. The van der Waals surface area contributed by atoms with Crippen LogP contribution in [-0.4, -0.2) is 42.2 Å². The third-order valence-electron chi connectivity index (χ3n) is 6.06. The van der Waals surface area contributed by atoms with Crippen molar-refractivity contribution in [2.75, 3.05) is 26.2 Å². The zero-order valence-corrected chi connectivity index (χ0v) is 18.9. The minimum atomic E-state index is -0.800. The summed E-state index contributed by atoms with van der Waals surface area (Å²) in [7, 11) is 0. The van der Waals surface area contributed by atoms with Crippen LogP contribution in [0.25, 0.3) is 0 Å². The molecule has 1 fully saturated rings. The number of aliphatic carboxylic acids is 1. The number of halogens is 4. The number of likely N-dealkylation sites (tertiary alicyclic amines) is 1. The molecular formula is C22H21Cl3FNO4. The van der Waals surface area contributed by atoms with E-state index in [4.69, 9.17) is 49.4 Å². The van der Waals surface area contributed by atoms with Crippen LogP contribution in [0.3, 0.4) is 0 Å². The lowest BCUT2D eigenvalue weighted by Gasteiger charge is -2.38. The molecule has 1 saturated heterocycles. The summed E-state index contributed by atoms with van der Waals surface area (Å²) in [6, 6.07) is 6.59. The first-order chi connectivity index (χ1) is 14.8. The van der Waals surface area contributed by atoms with Gasteiger partial charge in [-0.15, -0.1) is 0 Å². The Morgan fingerprint density at radius 2 is 1.87 bits per heavy atom. The Balaban J connectivity index is 1.47. The zero-order chi connectivity index (χ0) is 22.2. The normalized spacial score (nSPS) is 17.4. The Morgan fingerprint density at radius 3 is 2.52 bits per heavy atom. The van der Waals surface area contributed by atoms with Crippen LogP contribution < -0.4 is 9.47 Å². The fourth-order valence-electron chi connectivity index (χ4n) is 4.23. The molecule has 9 heteroatoms. The highest BCUT2D eigenvalue weighted by atomic mass is 35.5. The molecule has 0 saturated carbocycles. The topological polar surface area (TPSA) is 59.0 Å². The first kappa shape index (κ1) is 22.5. The van der Waals surface area contributed by atoms with Gasteiger partial charge in [-0.25, -0.2) is 0 Å². The molecule has 0 bridgehead atoms. The third-order valence-corrected chi connectivity index (χ3v) is 6.95.